The van der Waals surface area contributed by atoms with Crippen LogP contribution >= 0.6 is 0 Å². The van der Waals surface area contributed by atoms with Gasteiger partial charge < -0.3 is 20.8 Å². The van der Waals surface area contributed by atoms with Gasteiger partial charge in [0.25, 0.3) is 0 Å². The van der Waals surface area contributed by atoms with Crippen molar-refractivity contribution in [2.75, 3.05) is 11.9 Å². The molecule has 0 bridgehead atoms. The van der Waals surface area contributed by atoms with Crippen molar-refractivity contribution < 1.29 is 28.6 Å². The molecule has 6 nitrogen and oxygen atoms in total. The van der Waals surface area contributed by atoms with Crippen molar-refractivity contribution >= 4 is 17.7 Å². The van der Waals surface area contributed by atoms with Gasteiger partial charge in [0, 0.05) is 0 Å². The van der Waals surface area contributed by atoms with E-state index in [1.54, 1.807) is 0 Å². The number of benzene rings is 1. The van der Waals surface area contributed by atoms with Crippen molar-refractivity contribution in [2.24, 2.45) is 0 Å². The van der Waals surface area contributed by atoms with Crippen molar-refractivity contribution in [3.05, 3.63) is 29.8 Å². The number of carbonyl (C=O) groups is 2. The first-order valence-corrected chi connectivity index (χ1v) is 4.81. The summed E-state index contributed by atoms with van der Waals surface area (Å²) in [4.78, 5) is 21.8. The number of urea groups is 1. The predicted octanol–water partition coefficient (Wildman–Crippen LogP) is 0.532. The third-order valence-corrected chi connectivity index (χ3v) is 1.99. The van der Waals surface area contributed by atoms with Gasteiger partial charge in [0.1, 0.15) is 0 Å². The van der Waals surface area contributed by atoms with E-state index in [1.165, 1.54) is 6.07 Å². The number of hydrogen-bond acceptors (Lipinski definition) is 3. The number of anilines is 1. The van der Waals surface area contributed by atoms with Gasteiger partial charge in [0.15, 0.2) is 17.7 Å². The van der Waals surface area contributed by atoms with Gasteiger partial charge in [-0.05, 0) is 12.1 Å². The highest BCUT2D eigenvalue weighted by Gasteiger charge is 2.19. The van der Waals surface area contributed by atoms with Crippen LogP contribution in [0.2, 0.25) is 0 Å². The summed E-state index contributed by atoms with van der Waals surface area (Å²) in [6.07, 6.45) is 0. The fourth-order valence-electron chi connectivity index (χ4n) is 1.10. The average Bonchev–Trinajstić information content (AvgIpc) is 2.31. The van der Waals surface area contributed by atoms with Crippen LogP contribution in [0, 0.1) is 11.6 Å². The number of halogens is 2. The van der Waals surface area contributed by atoms with Crippen LogP contribution < -0.4 is 10.6 Å². The topological polar surface area (TPSA) is 98.7 Å². The number of aliphatic hydroxyl groups excluding tert-OH is 1. The Morgan fingerprint density at radius 2 is 2.00 bits per heavy atom. The minimum Gasteiger partial charge on any atom is -0.480 e. The molecule has 8 heteroatoms. The second kappa shape index (κ2) is 5.92. The number of carboxylic acids is 1. The van der Waals surface area contributed by atoms with Crippen LogP contribution in [0.3, 0.4) is 0 Å². The zero-order valence-corrected chi connectivity index (χ0v) is 8.98. The average molecular weight is 260 g/mol. The number of amides is 2. The van der Waals surface area contributed by atoms with Crippen molar-refractivity contribution in [3.8, 4) is 0 Å². The van der Waals surface area contributed by atoms with Crippen LogP contribution in [-0.2, 0) is 4.79 Å². The number of rotatable bonds is 4. The summed E-state index contributed by atoms with van der Waals surface area (Å²) in [6.45, 7) is -0.825. The maximum absolute atomic E-state index is 13.2. The molecule has 0 saturated carbocycles. The summed E-state index contributed by atoms with van der Waals surface area (Å²) in [5.41, 5.74) is -0.436. The van der Waals surface area contributed by atoms with Gasteiger partial charge in [0.2, 0.25) is 0 Å². The molecule has 0 heterocycles. The van der Waals surface area contributed by atoms with Gasteiger partial charge in [-0.1, -0.05) is 6.07 Å². The molecule has 0 fully saturated rings. The molecule has 1 rings (SSSR count). The highest BCUT2D eigenvalue weighted by Crippen LogP contribution is 2.16. The molecule has 0 aliphatic rings. The Bertz CT molecular complexity index is 467. The van der Waals surface area contributed by atoms with Crippen molar-refractivity contribution in [1.29, 1.82) is 0 Å². The summed E-state index contributed by atoms with van der Waals surface area (Å²) in [5, 5.41) is 21.0. The molecule has 0 aliphatic carbocycles. The van der Waals surface area contributed by atoms with Gasteiger partial charge in [-0.25, -0.2) is 18.4 Å². The molecule has 4 N–H and O–H groups in total. The van der Waals surface area contributed by atoms with Gasteiger partial charge >= 0.3 is 12.0 Å². The third-order valence-electron chi connectivity index (χ3n) is 1.99. The molecule has 1 aromatic rings. The number of nitrogens with one attached hydrogen (secondary N) is 2. The second-order valence-corrected chi connectivity index (χ2v) is 3.27. The van der Waals surface area contributed by atoms with E-state index in [-0.39, 0.29) is 0 Å². The Balaban J connectivity index is 2.70. The molecular formula is C10H10F2N2O4. The maximum Gasteiger partial charge on any atom is 0.328 e. The van der Waals surface area contributed by atoms with Gasteiger partial charge in [-0.2, -0.15) is 0 Å². The van der Waals surface area contributed by atoms with Gasteiger partial charge in [-0.3, -0.25) is 0 Å². The Morgan fingerprint density at radius 3 is 2.56 bits per heavy atom. The molecule has 0 aliphatic heterocycles. The maximum atomic E-state index is 13.2. The lowest BCUT2D eigenvalue weighted by atomic mass is 10.3. The Morgan fingerprint density at radius 1 is 1.33 bits per heavy atom. The molecular weight excluding hydrogens is 250 g/mol. The van der Waals surface area contributed by atoms with E-state index < -0.39 is 42.0 Å². The molecule has 0 radical (unpaired) electrons. The lowest BCUT2D eigenvalue weighted by Gasteiger charge is -2.13. The quantitative estimate of drug-likeness (QED) is 0.634. The summed E-state index contributed by atoms with van der Waals surface area (Å²) in [6, 6.07) is 0.552. The van der Waals surface area contributed by atoms with Crippen molar-refractivity contribution in [1.82, 2.24) is 5.32 Å². The number of carboxylic acid groups (broad SMARTS) is 1. The van der Waals surface area contributed by atoms with E-state index in [4.69, 9.17) is 10.2 Å². The highest BCUT2D eigenvalue weighted by molar-refractivity contribution is 5.92. The summed E-state index contributed by atoms with van der Waals surface area (Å²) < 4.78 is 26.0. The molecule has 0 aromatic heterocycles. The lowest BCUT2D eigenvalue weighted by molar-refractivity contribution is -0.140. The largest absolute Gasteiger partial charge is 0.480 e. The Labute approximate surface area is 100 Å². The fraction of sp³-hybridized carbons (Fsp3) is 0.200. The van der Waals surface area contributed by atoms with Crippen LogP contribution in [0.5, 0.6) is 0 Å². The Hall–Kier alpha value is -2.22. The van der Waals surface area contributed by atoms with E-state index in [0.717, 1.165) is 12.1 Å². The highest BCUT2D eigenvalue weighted by atomic mass is 19.2. The van der Waals surface area contributed by atoms with Gasteiger partial charge in [0.05, 0.1) is 12.3 Å². The van der Waals surface area contributed by atoms with Crippen molar-refractivity contribution in [3.63, 3.8) is 0 Å². The SMILES string of the molecule is O=C(Nc1cccc(F)c1F)N[C@H](CO)C(=O)O. The number of aliphatic carboxylic acids is 1. The molecule has 1 atom stereocenters. The first kappa shape index (κ1) is 13.8. The normalized spacial score (nSPS) is 11.7. The first-order chi connectivity index (χ1) is 8.45. The third kappa shape index (κ3) is 3.39. The first-order valence-electron chi connectivity index (χ1n) is 4.81. The lowest BCUT2D eigenvalue weighted by Crippen LogP contribution is -2.45. The van der Waals surface area contributed by atoms with Crippen LogP contribution in [0.4, 0.5) is 19.3 Å². The van der Waals surface area contributed by atoms with Crippen molar-refractivity contribution in [2.45, 2.75) is 6.04 Å². The number of carbonyl (C=O) groups excluding carboxylic acids is 1. The van der Waals surface area contributed by atoms with Crippen LogP contribution in [-0.4, -0.2) is 34.9 Å². The van der Waals surface area contributed by atoms with E-state index >= 15 is 0 Å². The zero-order valence-electron chi connectivity index (χ0n) is 8.98. The minimum absolute atomic E-state index is 0.436. The number of aliphatic hydroxyl groups is 1. The van der Waals surface area contributed by atoms with Gasteiger partial charge in [-0.15, -0.1) is 0 Å². The van der Waals surface area contributed by atoms with Crippen LogP contribution in [0.1, 0.15) is 0 Å². The van der Waals surface area contributed by atoms with Crippen LogP contribution in [0.25, 0.3) is 0 Å². The van der Waals surface area contributed by atoms with E-state index in [2.05, 4.69) is 0 Å². The zero-order chi connectivity index (χ0) is 13.7. The minimum atomic E-state index is -1.53. The molecule has 1 aromatic carbocycles. The summed E-state index contributed by atoms with van der Waals surface area (Å²) >= 11 is 0. The van der Waals surface area contributed by atoms with Crippen LogP contribution in [0.15, 0.2) is 18.2 Å². The molecule has 0 unspecified atom stereocenters. The monoisotopic (exact) mass is 260 g/mol. The molecule has 98 valence electrons. The molecule has 0 spiro atoms. The smallest absolute Gasteiger partial charge is 0.328 e. The second-order valence-electron chi connectivity index (χ2n) is 3.27. The molecule has 2 amide bonds. The van der Waals surface area contributed by atoms with E-state index in [9.17, 15) is 18.4 Å². The standard InChI is InChI=1S/C10H10F2N2O4/c11-5-2-1-3-6(8(5)12)13-10(18)14-7(4-15)9(16)17/h1-3,7,15H,4H2,(H,16,17)(H2,13,14,18)/t7-/m1/s1. The van der Waals surface area contributed by atoms with E-state index in [1.807, 2.05) is 10.6 Å². The summed E-state index contributed by atoms with van der Waals surface area (Å²) in [7, 11) is 0. The fourth-order valence-corrected chi connectivity index (χ4v) is 1.10. The molecule has 18 heavy (non-hydrogen) atoms. The predicted molar refractivity (Wildman–Crippen MR) is 57.0 cm³/mol. The summed E-state index contributed by atoms with van der Waals surface area (Å²) in [5.74, 6) is -3.86. The number of hydrogen-bond donors (Lipinski definition) is 4. The molecule has 0 saturated heterocycles. The Kier molecular flexibility index (Phi) is 4.55. The van der Waals surface area contributed by atoms with E-state index in [0.29, 0.717) is 0 Å².